The van der Waals surface area contributed by atoms with Crippen molar-refractivity contribution in [2.45, 2.75) is 26.3 Å². The molecule has 35 heavy (non-hydrogen) atoms. The van der Waals surface area contributed by atoms with Crippen LogP contribution in [0.5, 0.6) is 5.88 Å². The summed E-state index contributed by atoms with van der Waals surface area (Å²) in [6, 6.07) is 2.61. The zero-order chi connectivity index (χ0) is 24.9. The molecule has 0 aliphatic carbocycles. The number of ether oxygens (including phenoxy) is 1. The van der Waals surface area contributed by atoms with Crippen LogP contribution in [0.15, 0.2) is 24.5 Å². The van der Waals surface area contributed by atoms with E-state index in [0.29, 0.717) is 47.6 Å². The molecular formula is C24H25FN6O4. The van der Waals surface area contributed by atoms with Crippen molar-refractivity contribution in [1.29, 1.82) is 0 Å². The first-order chi connectivity index (χ1) is 16.8. The van der Waals surface area contributed by atoms with E-state index in [0.717, 1.165) is 10.5 Å². The maximum absolute atomic E-state index is 15.4. The molecular weight excluding hydrogens is 455 g/mol. The van der Waals surface area contributed by atoms with Gasteiger partial charge in [0.25, 0.3) is 0 Å². The van der Waals surface area contributed by atoms with E-state index in [1.165, 1.54) is 6.20 Å². The normalized spacial score (nSPS) is 17.2. The van der Waals surface area contributed by atoms with E-state index in [4.69, 9.17) is 10.5 Å². The van der Waals surface area contributed by atoms with Crippen LogP contribution >= 0.6 is 0 Å². The number of carbonyl (C=O) groups excluding carboxylic acids is 1. The Morgan fingerprint density at radius 2 is 2.14 bits per heavy atom. The molecule has 2 aromatic heterocycles. The number of carboxylic acid groups (broad SMARTS) is 1. The number of hydrogen-bond donors (Lipinski definition) is 3. The first-order valence-electron chi connectivity index (χ1n) is 11.3. The predicted octanol–water partition coefficient (Wildman–Crippen LogP) is 3.24. The van der Waals surface area contributed by atoms with Gasteiger partial charge in [0, 0.05) is 55.0 Å². The van der Waals surface area contributed by atoms with Crippen molar-refractivity contribution in [1.82, 2.24) is 14.9 Å². The highest BCUT2D eigenvalue weighted by Crippen LogP contribution is 2.40. The quantitative estimate of drug-likeness (QED) is 0.485. The number of likely N-dealkylation sites (tertiary alicyclic amines) is 1. The molecule has 0 unspecified atom stereocenters. The summed E-state index contributed by atoms with van der Waals surface area (Å²) in [5.74, 6) is -0.106. The minimum atomic E-state index is -1.22. The number of nitrogens with two attached hydrogens (primary N) is 1. The van der Waals surface area contributed by atoms with Crippen LogP contribution in [0.3, 0.4) is 0 Å². The fourth-order valence-electron chi connectivity index (χ4n) is 4.78. The molecule has 182 valence electrons. The molecule has 2 amide bonds. The zero-order valence-corrected chi connectivity index (χ0v) is 19.3. The molecule has 0 spiro atoms. The number of nitrogens with zero attached hydrogens (tertiary/aromatic N) is 4. The van der Waals surface area contributed by atoms with Crippen molar-refractivity contribution < 1.29 is 23.8 Å². The first kappa shape index (κ1) is 22.6. The highest BCUT2D eigenvalue weighted by molar-refractivity contribution is 6.00. The summed E-state index contributed by atoms with van der Waals surface area (Å²) in [7, 11) is 0. The van der Waals surface area contributed by atoms with Gasteiger partial charge in [-0.1, -0.05) is 0 Å². The van der Waals surface area contributed by atoms with Crippen LogP contribution < -0.4 is 20.7 Å². The molecule has 2 aliphatic heterocycles. The van der Waals surface area contributed by atoms with Gasteiger partial charge in [0.1, 0.15) is 18.1 Å². The third-order valence-corrected chi connectivity index (χ3v) is 6.61. The number of rotatable bonds is 4. The van der Waals surface area contributed by atoms with Crippen LogP contribution in [0, 0.1) is 12.7 Å². The van der Waals surface area contributed by atoms with Crippen LogP contribution in [0.2, 0.25) is 0 Å². The lowest BCUT2D eigenvalue weighted by atomic mass is 9.97. The summed E-state index contributed by atoms with van der Waals surface area (Å²) in [6.45, 7) is 5.58. The van der Waals surface area contributed by atoms with Crippen LogP contribution in [-0.4, -0.2) is 64.3 Å². The monoisotopic (exact) mass is 480 g/mol. The second-order valence-corrected chi connectivity index (χ2v) is 8.61. The lowest BCUT2D eigenvalue weighted by molar-refractivity contribution is -0.127. The number of likely N-dealkylation sites (N-methyl/N-ethyl adjacent to an activating group) is 1. The fourth-order valence-corrected chi connectivity index (χ4v) is 4.78. The number of nitrogen functional groups attached to an aromatic ring is 1. The fraction of sp³-hybridized carbons (Fsp3) is 0.333. The van der Waals surface area contributed by atoms with Gasteiger partial charge in [0.05, 0.1) is 11.7 Å². The van der Waals surface area contributed by atoms with Crippen molar-refractivity contribution in [3.63, 3.8) is 0 Å². The second-order valence-electron chi connectivity index (χ2n) is 8.61. The Morgan fingerprint density at radius 3 is 2.86 bits per heavy atom. The van der Waals surface area contributed by atoms with Crippen LogP contribution in [0.1, 0.15) is 18.9 Å². The number of amides is 2. The van der Waals surface area contributed by atoms with Crippen LogP contribution in [-0.2, 0) is 4.79 Å². The van der Waals surface area contributed by atoms with E-state index in [9.17, 15) is 14.7 Å². The number of nitrogens with one attached hydrogen (secondary N) is 1. The molecule has 0 radical (unpaired) electrons. The second kappa shape index (κ2) is 8.57. The Bertz CT molecular complexity index is 1360. The molecule has 11 heteroatoms. The smallest absolute Gasteiger partial charge is 0.413 e. The predicted molar refractivity (Wildman–Crippen MR) is 129 cm³/mol. The largest absolute Gasteiger partial charge is 0.474 e. The third kappa shape index (κ3) is 3.72. The number of benzene rings is 1. The third-order valence-electron chi connectivity index (χ3n) is 6.61. The first-order valence-corrected chi connectivity index (χ1v) is 11.3. The molecule has 4 N–H and O–H groups in total. The highest BCUT2D eigenvalue weighted by atomic mass is 19.1. The maximum atomic E-state index is 15.4. The van der Waals surface area contributed by atoms with E-state index in [1.807, 2.05) is 13.8 Å². The van der Waals surface area contributed by atoms with Gasteiger partial charge in [-0.15, -0.1) is 0 Å². The molecule has 2 aliphatic rings. The summed E-state index contributed by atoms with van der Waals surface area (Å²) < 4.78 is 21.0. The van der Waals surface area contributed by atoms with Gasteiger partial charge in [-0.25, -0.2) is 19.2 Å². The van der Waals surface area contributed by atoms with Gasteiger partial charge in [0.15, 0.2) is 5.82 Å². The average molecular weight is 481 g/mol. The molecule has 3 aromatic rings. The van der Waals surface area contributed by atoms with Gasteiger partial charge < -0.3 is 25.8 Å². The van der Waals surface area contributed by atoms with E-state index in [-0.39, 0.29) is 35.9 Å². The van der Waals surface area contributed by atoms with E-state index in [1.54, 1.807) is 23.2 Å². The standard InChI is InChI=1S/C24H25FN6O4/c1-3-30-11-14(8-19(30)32)31(24(33)34)18-7-13-6-15(20(25)21(26)17(13)10-28-18)16-9-29-23-22(12(16)2)27-4-5-35-23/h6-7,9-10,14,27H,3-5,8,11,26H2,1-2H3,(H,33,34)/t14-/m0/s1. The van der Waals surface area contributed by atoms with Crippen molar-refractivity contribution >= 4 is 40.0 Å². The Balaban J connectivity index is 1.61. The average Bonchev–Trinajstić information content (AvgIpc) is 3.21. The molecule has 5 rings (SSSR count). The summed E-state index contributed by atoms with van der Waals surface area (Å²) in [5.41, 5.74) is 8.30. The maximum Gasteiger partial charge on any atom is 0.413 e. The van der Waals surface area contributed by atoms with Gasteiger partial charge in [-0.05, 0) is 36.9 Å². The summed E-state index contributed by atoms with van der Waals surface area (Å²) >= 11 is 0. The summed E-state index contributed by atoms with van der Waals surface area (Å²) in [5, 5.41) is 14.1. The molecule has 0 bridgehead atoms. The lowest BCUT2D eigenvalue weighted by Crippen LogP contribution is -2.41. The summed E-state index contributed by atoms with van der Waals surface area (Å²) in [6.07, 6.45) is 1.76. The number of fused-ring (bicyclic) bond motifs is 2. The SMILES string of the molecule is CCN1C[C@@H](N(C(=O)O)c2cc3cc(-c4cnc5c(c4C)NCCO5)c(F)c(N)c3cn2)CC1=O. The number of hydrogen-bond acceptors (Lipinski definition) is 7. The molecule has 10 nitrogen and oxygen atoms in total. The Labute approximate surface area is 200 Å². The Kier molecular flexibility index (Phi) is 5.54. The molecule has 1 fully saturated rings. The van der Waals surface area contributed by atoms with Gasteiger partial charge in [0.2, 0.25) is 11.8 Å². The summed E-state index contributed by atoms with van der Waals surface area (Å²) in [4.78, 5) is 35.7. The molecule has 0 saturated carbocycles. The van der Waals surface area contributed by atoms with Crippen LogP contribution in [0.25, 0.3) is 21.9 Å². The molecule has 1 saturated heterocycles. The molecule has 4 heterocycles. The van der Waals surface area contributed by atoms with Crippen molar-refractivity contribution in [2.24, 2.45) is 0 Å². The highest BCUT2D eigenvalue weighted by Gasteiger charge is 2.36. The number of aromatic nitrogens is 2. The van der Waals surface area contributed by atoms with Crippen molar-refractivity contribution in [3.05, 3.63) is 35.9 Å². The minimum Gasteiger partial charge on any atom is -0.474 e. The van der Waals surface area contributed by atoms with E-state index < -0.39 is 18.0 Å². The Hall–Kier alpha value is -4.15. The Morgan fingerprint density at radius 1 is 1.34 bits per heavy atom. The minimum absolute atomic E-state index is 0.0751. The number of pyridine rings is 2. The number of halogens is 1. The van der Waals surface area contributed by atoms with E-state index in [2.05, 4.69) is 15.3 Å². The van der Waals surface area contributed by atoms with Crippen molar-refractivity contribution in [3.8, 4) is 17.0 Å². The van der Waals surface area contributed by atoms with Gasteiger partial charge >= 0.3 is 6.09 Å². The number of carbonyl (C=O) groups is 2. The van der Waals surface area contributed by atoms with Gasteiger partial charge in [-0.2, -0.15) is 0 Å². The number of anilines is 3. The zero-order valence-electron chi connectivity index (χ0n) is 19.3. The van der Waals surface area contributed by atoms with E-state index >= 15 is 4.39 Å². The topological polar surface area (TPSA) is 134 Å². The van der Waals surface area contributed by atoms with Crippen LogP contribution in [0.4, 0.5) is 26.4 Å². The van der Waals surface area contributed by atoms with Gasteiger partial charge in [-0.3, -0.25) is 9.69 Å². The molecule has 1 atom stereocenters. The van der Waals surface area contributed by atoms with Crippen molar-refractivity contribution in [2.75, 3.05) is 42.2 Å². The lowest BCUT2D eigenvalue weighted by Gasteiger charge is -2.25. The molecule has 1 aromatic carbocycles.